The van der Waals surface area contributed by atoms with E-state index in [1.807, 2.05) is 13.1 Å². The van der Waals surface area contributed by atoms with Gasteiger partial charge in [-0.3, -0.25) is 4.99 Å². The molecule has 0 aromatic heterocycles. The molecule has 146 valence electrons. The normalized spacial score (nSPS) is 16.5. The van der Waals surface area contributed by atoms with Gasteiger partial charge < -0.3 is 20.1 Å². The topological polar surface area (TPSA) is 54.9 Å². The van der Waals surface area contributed by atoms with Crippen LogP contribution in [0, 0.1) is 12.3 Å². The van der Waals surface area contributed by atoms with Crippen molar-refractivity contribution in [1.29, 1.82) is 0 Å². The summed E-state index contributed by atoms with van der Waals surface area (Å²) in [5.41, 5.74) is 2.72. The highest BCUT2D eigenvalue weighted by Crippen LogP contribution is 2.40. The molecule has 0 spiro atoms. The van der Waals surface area contributed by atoms with E-state index in [2.05, 4.69) is 41.6 Å². The molecule has 0 radical (unpaired) electrons. The molecule has 1 aromatic rings. The third-order valence-corrected chi connectivity index (χ3v) is 5.42. The zero-order valence-corrected chi connectivity index (χ0v) is 16.9. The molecule has 0 amide bonds. The van der Waals surface area contributed by atoms with Crippen molar-refractivity contribution in [2.45, 2.75) is 52.5 Å². The van der Waals surface area contributed by atoms with Crippen LogP contribution in [0.2, 0.25) is 0 Å². The Hall–Kier alpha value is -1.75. The highest BCUT2D eigenvalue weighted by atomic mass is 16.5. The first-order chi connectivity index (χ1) is 12.6. The SMILES string of the molecule is CCOCCC1(CNC(=NC)NCc2ccc(OC)c(C)c2)CCCC1. The van der Waals surface area contributed by atoms with Gasteiger partial charge in [-0.25, -0.2) is 0 Å². The monoisotopic (exact) mass is 361 g/mol. The molecule has 0 atom stereocenters. The van der Waals surface area contributed by atoms with Crippen molar-refractivity contribution in [2.75, 3.05) is 33.9 Å². The summed E-state index contributed by atoms with van der Waals surface area (Å²) in [6, 6.07) is 6.26. The van der Waals surface area contributed by atoms with Gasteiger partial charge in [0.2, 0.25) is 0 Å². The highest BCUT2D eigenvalue weighted by Gasteiger charge is 2.33. The van der Waals surface area contributed by atoms with Crippen molar-refractivity contribution in [3.8, 4) is 5.75 Å². The van der Waals surface area contributed by atoms with Crippen molar-refractivity contribution in [1.82, 2.24) is 10.6 Å². The second kappa shape index (κ2) is 10.4. The third kappa shape index (κ3) is 5.90. The number of ether oxygens (including phenoxy) is 2. The lowest BCUT2D eigenvalue weighted by Crippen LogP contribution is -2.43. The Morgan fingerprint density at radius 2 is 2.00 bits per heavy atom. The molecule has 0 heterocycles. The number of rotatable bonds is 9. The summed E-state index contributed by atoms with van der Waals surface area (Å²) in [5, 5.41) is 6.97. The molecule has 5 heteroatoms. The van der Waals surface area contributed by atoms with Gasteiger partial charge in [-0.2, -0.15) is 0 Å². The number of guanidine groups is 1. The van der Waals surface area contributed by atoms with E-state index in [4.69, 9.17) is 9.47 Å². The zero-order valence-electron chi connectivity index (χ0n) is 16.9. The van der Waals surface area contributed by atoms with Gasteiger partial charge in [0.1, 0.15) is 5.75 Å². The average Bonchev–Trinajstić information content (AvgIpc) is 3.11. The number of nitrogens with zero attached hydrogens (tertiary/aromatic N) is 1. The summed E-state index contributed by atoms with van der Waals surface area (Å²) < 4.78 is 10.9. The Morgan fingerprint density at radius 3 is 2.62 bits per heavy atom. The van der Waals surface area contributed by atoms with Crippen molar-refractivity contribution in [3.05, 3.63) is 29.3 Å². The molecule has 1 aromatic carbocycles. The van der Waals surface area contributed by atoms with Crippen LogP contribution in [0.3, 0.4) is 0 Å². The van der Waals surface area contributed by atoms with E-state index in [1.165, 1.54) is 31.2 Å². The van der Waals surface area contributed by atoms with Crippen molar-refractivity contribution in [2.24, 2.45) is 10.4 Å². The van der Waals surface area contributed by atoms with Crippen molar-refractivity contribution in [3.63, 3.8) is 0 Å². The fourth-order valence-electron chi connectivity index (χ4n) is 3.80. The second-order valence-corrected chi connectivity index (χ2v) is 7.24. The van der Waals surface area contributed by atoms with Crippen LogP contribution in [0.25, 0.3) is 0 Å². The van der Waals surface area contributed by atoms with E-state index in [0.29, 0.717) is 5.41 Å². The van der Waals surface area contributed by atoms with Crippen LogP contribution in [0.5, 0.6) is 5.75 Å². The van der Waals surface area contributed by atoms with Gasteiger partial charge in [-0.1, -0.05) is 25.0 Å². The van der Waals surface area contributed by atoms with Crippen LogP contribution in [0.1, 0.15) is 50.2 Å². The van der Waals surface area contributed by atoms with Gasteiger partial charge in [-0.15, -0.1) is 0 Å². The van der Waals surface area contributed by atoms with Gasteiger partial charge in [0, 0.05) is 33.4 Å². The maximum Gasteiger partial charge on any atom is 0.191 e. The van der Waals surface area contributed by atoms with E-state index >= 15 is 0 Å². The molecule has 1 fully saturated rings. The summed E-state index contributed by atoms with van der Waals surface area (Å²) >= 11 is 0. The average molecular weight is 362 g/mol. The maximum absolute atomic E-state index is 5.61. The number of aryl methyl sites for hydroxylation is 1. The molecule has 0 saturated heterocycles. The molecular formula is C21H35N3O2. The Bertz CT molecular complexity index is 581. The smallest absolute Gasteiger partial charge is 0.191 e. The summed E-state index contributed by atoms with van der Waals surface area (Å²) in [4.78, 5) is 4.39. The van der Waals surface area contributed by atoms with Crippen LogP contribution >= 0.6 is 0 Å². The van der Waals surface area contributed by atoms with E-state index in [-0.39, 0.29) is 0 Å². The maximum atomic E-state index is 5.61. The third-order valence-electron chi connectivity index (χ3n) is 5.42. The van der Waals surface area contributed by atoms with Gasteiger partial charge in [0.15, 0.2) is 5.96 Å². The van der Waals surface area contributed by atoms with Crippen LogP contribution < -0.4 is 15.4 Å². The molecule has 0 aliphatic heterocycles. The molecule has 1 aliphatic carbocycles. The van der Waals surface area contributed by atoms with Crippen LogP contribution in [-0.4, -0.2) is 39.9 Å². The summed E-state index contributed by atoms with van der Waals surface area (Å²) in [6.07, 6.45) is 6.34. The van der Waals surface area contributed by atoms with E-state index < -0.39 is 0 Å². The highest BCUT2D eigenvalue weighted by molar-refractivity contribution is 5.79. The summed E-state index contributed by atoms with van der Waals surface area (Å²) in [6.45, 7) is 7.49. The van der Waals surface area contributed by atoms with E-state index in [9.17, 15) is 0 Å². The molecule has 0 unspecified atom stereocenters. The fraction of sp³-hybridized carbons (Fsp3) is 0.667. The van der Waals surface area contributed by atoms with Gasteiger partial charge >= 0.3 is 0 Å². The zero-order chi connectivity index (χ0) is 18.8. The quantitative estimate of drug-likeness (QED) is 0.400. The first kappa shape index (κ1) is 20.6. The number of benzene rings is 1. The van der Waals surface area contributed by atoms with Gasteiger partial charge in [-0.05, 0) is 55.7 Å². The summed E-state index contributed by atoms with van der Waals surface area (Å²) in [5.74, 6) is 1.79. The molecule has 1 aliphatic rings. The largest absolute Gasteiger partial charge is 0.496 e. The minimum Gasteiger partial charge on any atom is -0.496 e. The number of nitrogens with one attached hydrogen (secondary N) is 2. The molecule has 2 rings (SSSR count). The van der Waals surface area contributed by atoms with Gasteiger partial charge in [0.05, 0.1) is 7.11 Å². The summed E-state index contributed by atoms with van der Waals surface area (Å²) in [7, 11) is 3.53. The van der Waals surface area contributed by atoms with Gasteiger partial charge in [0.25, 0.3) is 0 Å². The number of aliphatic imine (C=N–C) groups is 1. The molecule has 2 N–H and O–H groups in total. The minimum atomic E-state index is 0.351. The van der Waals surface area contributed by atoms with Crippen LogP contribution in [-0.2, 0) is 11.3 Å². The van der Waals surface area contributed by atoms with Crippen molar-refractivity contribution < 1.29 is 9.47 Å². The lowest BCUT2D eigenvalue weighted by Gasteiger charge is -2.30. The second-order valence-electron chi connectivity index (χ2n) is 7.24. The van der Waals surface area contributed by atoms with Crippen molar-refractivity contribution >= 4 is 5.96 Å². The number of methoxy groups -OCH3 is 1. The lowest BCUT2D eigenvalue weighted by atomic mass is 9.83. The fourth-order valence-corrected chi connectivity index (χ4v) is 3.80. The minimum absolute atomic E-state index is 0.351. The number of hydrogen-bond acceptors (Lipinski definition) is 3. The Morgan fingerprint density at radius 1 is 1.23 bits per heavy atom. The Kier molecular flexibility index (Phi) is 8.23. The first-order valence-corrected chi connectivity index (χ1v) is 9.78. The predicted octanol–water partition coefficient (Wildman–Crippen LogP) is 3.66. The van der Waals surface area contributed by atoms with E-state index in [0.717, 1.165) is 50.0 Å². The lowest BCUT2D eigenvalue weighted by molar-refractivity contribution is 0.105. The standard InChI is InChI=1S/C21H35N3O2/c1-5-26-13-12-21(10-6-7-11-21)16-24-20(22-3)23-15-18-8-9-19(25-4)17(2)14-18/h8-9,14H,5-7,10-13,15-16H2,1-4H3,(H2,22,23,24). The molecule has 1 saturated carbocycles. The van der Waals surface area contributed by atoms with E-state index in [1.54, 1.807) is 7.11 Å². The number of hydrogen-bond donors (Lipinski definition) is 2. The molecule has 5 nitrogen and oxygen atoms in total. The van der Waals surface area contributed by atoms with Crippen LogP contribution in [0.4, 0.5) is 0 Å². The Labute approximate surface area is 158 Å². The molecular weight excluding hydrogens is 326 g/mol. The molecule has 0 bridgehead atoms. The van der Waals surface area contributed by atoms with Crippen LogP contribution in [0.15, 0.2) is 23.2 Å². The predicted molar refractivity (Wildman–Crippen MR) is 108 cm³/mol. The Balaban J connectivity index is 1.85. The molecule has 26 heavy (non-hydrogen) atoms. The first-order valence-electron chi connectivity index (χ1n) is 9.78.